The van der Waals surface area contributed by atoms with Crippen molar-refractivity contribution >= 4 is 11.6 Å². The van der Waals surface area contributed by atoms with Crippen LogP contribution in [0.1, 0.15) is 38.2 Å². The minimum atomic E-state index is 0.0186. The molecule has 0 bridgehead atoms. The summed E-state index contributed by atoms with van der Waals surface area (Å²) in [5.41, 5.74) is 6.82. The van der Waals surface area contributed by atoms with Crippen molar-refractivity contribution in [1.82, 2.24) is 9.97 Å². The Balaban J connectivity index is 2.08. The van der Waals surface area contributed by atoms with Gasteiger partial charge in [-0.15, -0.1) is 0 Å². The van der Waals surface area contributed by atoms with Crippen LogP contribution in [0, 0.1) is 5.41 Å². The first kappa shape index (κ1) is 13.1. The van der Waals surface area contributed by atoms with Gasteiger partial charge in [-0.2, -0.15) is 0 Å². The Morgan fingerprint density at radius 3 is 2.72 bits per heavy atom. The number of nitrogens with two attached hydrogens (primary N) is 1. The molecule has 1 aliphatic rings. The van der Waals surface area contributed by atoms with Gasteiger partial charge in [0.1, 0.15) is 18.0 Å². The van der Waals surface area contributed by atoms with E-state index in [1.54, 1.807) is 0 Å². The molecule has 0 atom stereocenters. The van der Waals surface area contributed by atoms with Crippen molar-refractivity contribution in [1.29, 1.82) is 0 Å². The Kier molecular flexibility index (Phi) is 4.01. The predicted molar refractivity (Wildman–Crippen MR) is 72.3 cm³/mol. The molecule has 1 aromatic rings. The SMILES string of the molecule is CCc1c(N)ncnc1NCC1(CO)CCCC1. The smallest absolute Gasteiger partial charge is 0.134 e. The highest BCUT2D eigenvalue weighted by Gasteiger charge is 2.33. The quantitative estimate of drug-likeness (QED) is 0.739. The predicted octanol–water partition coefficient (Wildman–Crippen LogP) is 1.59. The van der Waals surface area contributed by atoms with Gasteiger partial charge in [-0.25, -0.2) is 9.97 Å². The zero-order chi connectivity index (χ0) is 13.0. The molecule has 18 heavy (non-hydrogen) atoms. The Morgan fingerprint density at radius 1 is 1.39 bits per heavy atom. The van der Waals surface area contributed by atoms with E-state index in [-0.39, 0.29) is 12.0 Å². The highest BCUT2D eigenvalue weighted by atomic mass is 16.3. The second kappa shape index (κ2) is 5.52. The minimum Gasteiger partial charge on any atom is -0.396 e. The van der Waals surface area contributed by atoms with E-state index in [4.69, 9.17) is 5.73 Å². The number of aliphatic hydroxyl groups is 1. The zero-order valence-electron chi connectivity index (χ0n) is 10.9. The summed E-state index contributed by atoms with van der Waals surface area (Å²) in [4.78, 5) is 8.26. The van der Waals surface area contributed by atoms with Crippen molar-refractivity contribution < 1.29 is 5.11 Å². The summed E-state index contributed by atoms with van der Waals surface area (Å²) in [5.74, 6) is 1.35. The van der Waals surface area contributed by atoms with Crippen molar-refractivity contribution in [3.8, 4) is 0 Å². The van der Waals surface area contributed by atoms with Crippen molar-refractivity contribution in [3.05, 3.63) is 11.9 Å². The summed E-state index contributed by atoms with van der Waals surface area (Å²) >= 11 is 0. The zero-order valence-corrected chi connectivity index (χ0v) is 10.9. The topological polar surface area (TPSA) is 84.1 Å². The molecule has 0 aliphatic heterocycles. The van der Waals surface area contributed by atoms with Crippen LogP contribution in [0.15, 0.2) is 6.33 Å². The molecule has 0 unspecified atom stereocenters. The molecule has 1 aliphatic carbocycles. The van der Waals surface area contributed by atoms with Crippen LogP contribution in [0.2, 0.25) is 0 Å². The largest absolute Gasteiger partial charge is 0.396 e. The van der Waals surface area contributed by atoms with Crippen LogP contribution in [-0.2, 0) is 6.42 Å². The molecule has 0 amide bonds. The summed E-state index contributed by atoms with van der Waals surface area (Å²) in [6.45, 7) is 3.03. The third kappa shape index (κ3) is 2.56. The first-order valence-electron chi connectivity index (χ1n) is 6.65. The number of nitrogen functional groups attached to an aromatic ring is 1. The van der Waals surface area contributed by atoms with Gasteiger partial charge < -0.3 is 16.2 Å². The molecule has 2 rings (SSSR count). The van der Waals surface area contributed by atoms with Crippen LogP contribution in [-0.4, -0.2) is 28.2 Å². The molecule has 4 N–H and O–H groups in total. The molecule has 1 fully saturated rings. The maximum Gasteiger partial charge on any atom is 0.134 e. The number of anilines is 2. The Hall–Kier alpha value is -1.36. The molecular formula is C13H22N4O. The van der Waals surface area contributed by atoms with E-state index in [1.165, 1.54) is 19.2 Å². The highest BCUT2D eigenvalue weighted by molar-refractivity contribution is 5.54. The first-order valence-corrected chi connectivity index (χ1v) is 6.65. The lowest BCUT2D eigenvalue weighted by atomic mass is 9.87. The number of nitrogens with zero attached hydrogens (tertiary/aromatic N) is 2. The van der Waals surface area contributed by atoms with Gasteiger partial charge in [0.05, 0.1) is 6.61 Å². The monoisotopic (exact) mass is 250 g/mol. The van der Waals surface area contributed by atoms with Gasteiger partial charge in [-0.3, -0.25) is 0 Å². The molecule has 0 saturated heterocycles. The third-order valence-corrected chi connectivity index (χ3v) is 3.96. The van der Waals surface area contributed by atoms with Crippen molar-refractivity contribution in [2.45, 2.75) is 39.0 Å². The Morgan fingerprint density at radius 2 is 2.11 bits per heavy atom. The fourth-order valence-corrected chi connectivity index (χ4v) is 2.71. The minimum absolute atomic E-state index is 0.0186. The standard InChI is InChI=1S/C13H22N4O/c1-2-10-11(14)16-9-17-12(10)15-7-13(8-18)5-3-4-6-13/h9,18H,2-8H2,1H3,(H3,14,15,16,17). The molecule has 5 heteroatoms. The van der Waals surface area contributed by atoms with Crippen LogP contribution in [0.25, 0.3) is 0 Å². The van der Waals surface area contributed by atoms with Crippen molar-refractivity contribution in [3.63, 3.8) is 0 Å². The summed E-state index contributed by atoms with van der Waals surface area (Å²) in [6, 6.07) is 0. The third-order valence-electron chi connectivity index (χ3n) is 3.96. The number of aromatic nitrogens is 2. The van der Waals surface area contributed by atoms with Crippen LogP contribution in [0.3, 0.4) is 0 Å². The fraction of sp³-hybridized carbons (Fsp3) is 0.692. The van der Waals surface area contributed by atoms with Crippen molar-refractivity contribution in [2.24, 2.45) is 5.41 Å². The molecule has 0 aromatic carbocycles. The van der Waals surface area contributed by atoms with E-state index in [0.29, 0.717) is 5.82 Å². The van der Waals surface area contributed by atoms with Crippen molar-refractivity contribution in [2.75, 3.05) is 24.2 Å². The lowest BCUT2D eigenvalue weighted by Gasteiger charge is -2.27. The molecular weight excluding hydrogens is 228 g/mol. The molecule has 0 spiro atoms. The van der Waals surface area contributed by atoms with Gasteiger partial charge >= 0.3 is 0 Å². The summed E-state index contributed by atoms with van der Waals surface area (Å²) in [6.07, 6.45) is 6.86. The Labute approximate surface area is 108 Å². The second-order valence-electron chi connectivity index (χ2n) is 5.16. The fourth-order valence-electron chi connectivity index (χ4n) is 2.71. The number of aliphatic hydroxyl groups excluding tert-OH is 1. The number of hydrogen-bond acceptors (Lipinski definition) is 5. The summed E-state index contributed by atoms with van der Waals surface area (Å²) < 4.78 is 0. The maximum atomic E-state index is 9.58. The van der Waals surface area contributed by atoms with Gasteiger partial charge in [-0.05, 0) is 19.3 Å². The van der Waals surface area contributed by atoms with E-state index in [1.807, 2.05) is 6.92 Å². The van der Waals surface area contributed by atoms with E-state index in [9.17, 15) is 5.11 Å². The van der Waals surface area contributed by atoms with Gasteiger partial charge in [0, 0.05) is 17.5 Å². The lowest BCUT2D eigenvalue weighted by Crippen LogP contribution is -2.31. The van der Waals surface area contributed by atoms with Crippen LogP contribution < -0.4 is 11.1 Å². The van der Waals surface area contributed by atoms with Gasteiger partial charge in [0.15, 0.2) is 0 Å². The average molecular weight is 250 g/mol. The van der Waals surface area contributed by atoms with Gasteiger partial charge in [0.2, 0.25) is 0 Å². The summed E-state index contributed by atoms with van der Waals surface area (Å²) in [7, 11) is 0. The molecule has 1 saturated carbocycles. The van der Waals surface area contributed by atoms with E-state index in [2.05, 4.69) is 15.3 Å². The number of nitrogens with one attached hydrogen (secondary N) is 1. The molecule has 1 aromatic heterocycles. The average Bonchev–Trinajstić information content (AvgIpc) is 2.86. The van der Waals surface area contributed by atoms with Crippen LogP contribution in [0.4, 0.5) is 11.6 Å². The highest BCUT2D eigenvalue weighted by Crippen LogP contribution is 2.37. The Bertz CT molecular complexity index is 402. The molecule has 0 radical (unpaired) electrons. The van der Waals surface area contributed by atoms with Crippen LogP contribution >= 0.6 is 0 Å². The second-order valence-corrected chi connectivity index (χ2v) is 5.16. The van der Waals surface area contributed by atoms with E-state index < -0.39 is 0 Å². The van der Waals surface area contributed by atoms with Gasteiger partial charge in [-0.1, -0.05) is 19.8 Å². The van der Waals surface area contributed by atoms with Gasteiger partial charge in [0.25, 0.3) is 0 Å². The molecule has 100 valence electrons. The van der Waals surface area contributed by atoms with Crippen LogP contribution in [0.5, 0.6) is 0 Å². The van der Waals surface area contributed by atoms with E-state index >= 15 is 0 Å². The maximum absolute atomic E-state index is 9.58. The normalized spacial score (nSPS) is 17.9. The number of hydrogen-bond donors (Lipinski definition) is 3. The van der Waals surface area contributed by atoms with E-state index in [0.717, 1.165) is 37.2 Å². The summed E-state index contributed by atoms with van der Waals surface area (Å²) in [5, 5.41) is 12.9. The number of rotatable bonds is 5. The molecule has 1 heterocycles. The first-order chi connectivity index (χ1) is 8.71. The molecule has 5 nitrogen and oxygen atoms in total. The lowest BCUT2D eigenvalue weighted by molar-refractivity contribution is 0.142.